The van der Waals surface area contributed by atoms with Crippen molar-refractivity contribution >= 4 is 23.3 Å². The molecule has 0 unspecified atom stereocenters. The van der Waals surface area contributed by atoms with Crippen molar-refractivity contribution in [2.75, 3.05) is 24.5 Å². The van der Waals surface area contributed by atoms with E-state index in [-0.39, 0.29) is 22.9 Å². The lowest BCUT2D eigenvalue weighted by molar-refractivity contribution is -0.134. The number of hydrogen-bond acceptors (Lipinski definition) is 5. The number of aromatic nitrogens is 2. The van der Waals surface area contributed by atoms with Crippen LogP contribution in [-0.4, -0.2) is 46.5 Å². The van der Waals surface area contributed by atoms with Crippen molar-refractivity contribution < 1.29 is 13.9 Å². The molecule has 1 aliphatic heterocycles. The average Bonchev–Trinajstić information content (AvgIpc) is 3.49. The van der Waals surface area contributed by atoms with E-state index in [0.29, 0.717) is 31.3 Å². The molecule has 2 aliphatic rings. The summed E-state index contributed by atoms with van der Waals surface area (Å²) in [5, 5.41) is 0.177. The number of carbonyl (C=O) groups excluding carboxylic acids is 1. The molecular weight excluding hydrogens is 371 g/mol. The monoisotopic (exact) mass is 390 g/mol. The quantitative estimate of drug-likeness (QED) is 0.799. The van der Waals surface area contributed by atoms with Crippen molar-refractivity contribution in [1.82, 2.24) is 14.9 Å². The van der Waals surface area contributed by atoms with Gasteiger partial charge in [-0.15, -0.1) is 0 Å². The molecule has 1 saturated heterocycles. The van der Waals surface area contributed by atoms with E-state index in [2.05, 4.69) is 21.8 Å². The molecule has 1 aromatic carbocycles. The Morgan fingerprint density at radius 3 is 2.78 bits per heavy atom. The number of halogens is 2. The highest BCUT2D eigenvalue weighted by Gasteiger charge is 2.37. The number of nitrogens with zero attached hydrogens (tertiary/aromatic N) is 4. The van der Waals surface area contributed by atoms with Gasteiger partial charge in [0.1, 0.15) is 23.7 Å². The molecule has 27 heavy (non-hydrogen) atoms. The van der Waals surface area contributed by atoms with Crippen molar-refractivity contribution in [3.05, 3.63) is 41.4 Å². The molecule has 4 rings (SSSR count). The van der Waals surface area contributed by atoms with Crippen molar-refractivity contribution in [2.45, 2.75) is 25.8 Å². The largest absolute Gasteiger partial charge is 0.437 e. The van der Waals surface area contributed by atoms with Crippen LogP contribution in [-0.2, 0) is 4.79 Å². The zero-order valence-electron chi connectivity index (χ0n) is 14.9. The summed E-state index contributed by atoms with van der Waals surface area (Å²) in [4.78, 5) is 24.9. The Balaban J connectivity index is 1.45. The maximum atomic E-state index is 13.2. The van der Waals surface area contributed by atoms with Gasteiger partial charge in [0.15, 0.2) is 0 Å². The lowest BCUT2D eigenvalue weighted by atomic mass is 10.1. The van der Waals surface area contributed by atoms with Crippen LogP contribution in [0.5, 0.6) is 11.6 Å². The second kappa shape index (κ2) is 7.31. The highest BCUT2D eigenvalue weighted by atomic mass is 35.5. The fraction of sp³-hybridized carbons (Fsp3) is 0.421. The highest BCUT2D eigenvalue weighted by molar-refractivity contribution is 6.32. The maximum Gasteiger partial charge on any atom is 0.226 e. The summed E-state index contributed by atoms with van der Waals surface area (Å²) in [5.74, 6) is 1.47. The normalized spacial score (nSPS) is 19.9. The Kier molecular flexibility index (Phi) is 4.86. The first kappa shape index (κ1) is 18.0. The lowest BCUT2D eigenvalue weighted by Gasteiger charge is -2.40. The van der Waals surface area contributed by atoms with E-state index >= 15 is 0 Å². The van der Waals surface area contributed by atoms with Gasteiger partial charge in [-0.2, -0.15) is 0 Å². The topological polar surface area (TPSA) is 58.6 Å². The molecule has 142 valence electrons. The van der Waals surface area contributed by atoms with Gasteiger partial charge in [-0.1, -0.05) is 11.6 Å². The van der Waals surface area contributed by atoms with Crippen LogP contribution in [0, 0.1) is 11.7 Å². The molecule has 1 aliphatic carbocycles. The smallest absolute Gasteiger partial charge is 0.226 e. The Morgan fingerprint density at radius 2 is 2.07 bits per heavy atom. The van der Waals surface area contributed by atoms with Gasteiger partial charge in [-0.3, -0.25) is 4.79 Å². The fourth-order valence-electron chi connectivity index (χ4n) is 3.29. The Labute approximate surface area is 161 Å². The number of benzene rings is 1. The number of rotatable bonds is 4. The average molecular weight is 391 g/mol. The van der Waals surface area contributed by atoms with E-state index in [1.54, 1.807) is 6.07 Å². The molecule has 8 heteroatoms. The SMILES string of the molecule is C[C@H]1CN(c2cc(Oc3ccc(F)cc3Cl)ncn2)CCN1C(=O)C1CC1. The first-order valence-corrected chi connectivity index (χ1v) is 9.39. The van der Waals surface area contributed by atoms with Crippen LogP contribution < -0.4 is 9.64 Å². The van der Waals surface area contributed by atoms with Gasteiger partial charge in [-0.05, 0) is 38.0 Å². The minimum absolute atomic E-state index is 0.123. The van der Waals surface area contributed by atoms with E-state index < -0.39 is 5.82 Å². The number of piperazine rings is 1. The third-order valence-electron chi connectivity index (χ3n) is 4.90. The van der Waals surface area contributed by atoms with Crippen LogP contribution >= 0.6 is 11.6 Å². The van der Waals surface area contributed by atoms with Gasteiger partial charge in [0, 0.05) is 37.7 Å². The number of carbonyl (C=O) groups is 1. The van der Waals surface area contributed by atoms with Gasteiger partial charge in [0.25, 0.3) is 0 Å². The summed E-state index contributed by atoms with van der Waals surface area (Å²) in [5.41, 5.74) is 0. The van der Waals surface area contributed by atoms with Crippen molar-refractivity contribution in [1.29, 1.82) is 0 Å². The van der Waals surface area contributed by atoms with Gasteiger partial charge < -0.3 is 14.5 Å². The van der Waals surface area contributed by atoms with Crippen LogP contribution in [0.15, 0.2) is 30.6 Å². The highest BCUT2D eigenvalue weighted by Crippen LogP contribution is 2.33. The molecule has 2 aromatic rings. The minimum atomic E-state index is -0.427. The third kappa shape index (κ3) is 3.98. The fourth-order valence-corrected chi connectivity index (χ4v) is 3.49. The summed E-state index contributed by atoms with van der Waals surface area (Å²) < 4.78 is 18.9. The predicted octanol–water partition coefficient (Wildman–Crippen LogP) is 3.51. The first-order chi connectivity index (χ1) is 13.0. The molecule has 2 fully saturated rings. The Hall–Kier alpha value is -2.41. The second-order valence-corrected chi connectivity index (χ2v) is 7.40. The lowest BCUT2D eigenvalue weighted by Crippen LogP contribution is -2.54. The van der Waals surface area contributed by atoms with E-state index in [1.807, 2.05) is 4.90 Å². The molecule has 0 radical (unpaired) electrons. The molecule has 1 saturated carbocycles. The predicted molar refractivity (Wildman–Crippen MR) is 99.6 cm³/mol. The second-order valence-electron chi connectivity index (χ2n) is 6.99. The maximum absolute atomic E-state index is 13.2. The summed E-state index contributed by atoms with van der Waals surface area (Å²) >= 11 is 6.01. The van der Waals surface area contributed by atoms with Gasteiger partial charge in [0.2, 0.25) is 11.8 Å². The van der Waals surface area contributed by atoms with Crippen LogP contribution in [0.4, 0.5) is 10.2 Å². The number of ether oxygens (including phenoxy) is 1. The van der Waals surface area contributed by atoms with Crippen molar-refractivity contribution in [3.8, 4) is 11.6 Å². The van der Waals surface area contributed by atoms with Crippen molar-refractivity contribution in [3.63, 3.8) is 0 Å². The summed E-state index contributed by atoms with van der Waals surface area (Å²) in [7, 11) is 0. The van der Waals surface area contributed by atoms with E-state index in [9.17, 15) is 9.18 Å². The van der Waals surface area contributed by atoms with E-state index in [4.69, 9.17) is 16.3 Å². The first-order valence-electron chi connectivity index (χ1n) is 9.01. The van der Waals surface area contributed by atoms with Gasteiger partial charge in [-0.25, -0.2) is 14.4 Å². The van der Waals surface area contributed by atoms with E-state index in [0.717, 1.165) is 18.7 Å². The summed E-state index contributed by atoms with van der Waals surface area (Å²) in [6.45, 7) is 4.15. The number of hydrogen-bond donors (Lipinski definition) is 0. The summed E-state index contributed by atoms with van der Waals surface area (Å²) in [6, 6.07) is 5.78. The standard InChI is InChI=1S/C19H20ClFN4O2/c1-12-10-24(6-7-25(12)19(26)13-2-3-13)17-9-18(23-11-22-17)27-16-5-4-14(21)8-15(16)20/h4-5,8-9,11-13H,2-3,6-7,10H2,1H3/t12-/m0/s1. The molecule has 2 heterocycles. The Morgan fingerprint density at radius 1 is 1.26 bits per heavy atom. The summed E-state index contributed by atoms with van der Waals surface area (Å²) in [6.07, 6.45) is 3.46. The number of amides is 1. The molecule has 1 amide bonds. The number of anilines is 1. The zero-order chi connectivity index (χ0) is 19.0. The molecular formula is C19H20ClFN4O2. The minimum Gasteiger partial charge on any atom is -0.437 e. The van der Waals surface area contributed by atoms with Crippen LogP contribution in [0.1, 0.15) is 19.8 Å². The van der Waals surface area contributed by atoms with Crippen LogP contribution in [0.3, 0.4) is 0 Å². The zero-order valence-corrected chi connectivity index (χ0v) is 15.7. The molecule has 0 bridgehead atoms. The van der Waals surface area contributed by atoms with Crippen molar-refractivity contribution in [2.24, 2.45) is 5.92 Å². The Bertz CT molecular complexity index is 861. The van der Waals surface area contributed by atoms with Crippen LogP contribution in [0.2, 0.25) is 5.02 Å². The third-order valence-corrected chi connectivity index (χ3v) is 5.19. The molecule has 0 spiro atoms. The molecule has 6 nitrogen and oxygen atoms in total. The van der Waals surface area contributed by atoms with E-state index in [1.165, 1.54) is 24.5 Å². The van der Waals surface area contributed by atoms with Gasteiger partial charge in [0.05, 0.1) is 5.02 Å². The molecule has 1 atom stereocenters. The van der Waals surface area contributed by atoms with Gasteiger partial charge >= 0.3 is 0 Å². The molecule has 0 N–H and O–H groups in total. The molecule has 1 aromatic heterocycles. The van der Waals surface area contributed by atoms with Crippen LogP contribution in [0.25, 0.3) is 0 Å².